The van der Waals surface area contributed by atoms with Gasteiger partial charge in [0.05, 0.1) is 0 Å². The maximum atomic E-state index is 11.3. The number of hydrogen-bond acceptors (Lipinski definition) is 1. The number of Topliss-reactive ketones (excluding diaryl/α,β-unsaturated/α-hetero) is 1. The van der Waals surface area contributed by atoms with Crippen molar-refractivity contribution in [2.75, 3.05) is 0 Å². The predicted molar refractivity (Wildman–Crippen MR) is 44.0 cm³/mol. The summed E-state index contributed by atoms with van der Waals surface area (Å²) in [5, 5.41) is 0. The molecule has 2 rings (SSSR count). The number of rotatable bonds is 1. The van der Waals surface area contributed by atoms with Crippen molar-refractivity contribution in [2.45, 2.75) is 12.8 Å². The van der Waals surface area contributed by atoms with E-state index in [4.69, 9.17) is 0 Å². The number of carbonyl (C=O) groups excluding carboxylic acids is 1. The van der Waals surface area contributed by atoms with Crippen molar-refractivity contribution in [3.63, 3.8) is 0 Å². The maximum absolute atomic E-state index is 11.3. The fourth-order valence-electron chi connectivity index (χ4n) is 2.26. The molecule has 0 aromatic carbocycles. The monoisotopic (exact) mass is 148 g/mol. The molecule has 1 heteroatoms. The van der Waals surface area contributed by atoms with E-state index < -0.39 is 0 Å². The van der Waals surface area contributed by atoms with Gasteiger partial charge in [-0.25, -0.2) is 0 Å². The Balaban J connectivity index is 2.32. The summed E-state index contributed by atoms with van der Waals surface area (Å²) in [5.74, 6) is 1.61. The average Bonchev–Trinajstić information content (AvgIpc) is 2.17. The van der Waals surface area contributed by atoms with Gasteiger partial charge in [0.15, 0.2) is 0 Å². The van der Waals surface area contributed by atoms with Crippen LogP contribution in [0.15, 0.2) is 24.8 Å². The van der Waals surface area contributed by atoms with Gasteiger partial charge in [0.25, 0.3) is 0 Å². The summed E-state index contributed by atoms with van der Waals surface area (Å²) in [5.41, 5.74) is 0. The lowest BCUT2D eigenvalue weighted by Crippen LogP contribution is -2.16. The SMILES string of the molecule is C=C[C@H]1[C@@H]2CC=C[C@H]1CC2=O. The van der Waals surface area contributed by atoms with Crippen LogP contribution >= 0.6 is 0 Å². The summed E-state index contributed by atoms with van der Waals surface area (Å²) in [6, 6.07) is 0. The van der Waals surface area contributed by atoms with E-state index in [9.17, 15) is 4.79 Å². The van der Waals surface area contributed by atoms with E-state index in [2.05, 4.69) is 18.7 Å². The highest BCUT2D eigenvalue weighted by Crippen LogP contribution is 2.41. The van der Waals surface area contributed by atoms with Crippen molar-refractivity contribution in [3.8, 4) is 0 Å². The predicted octanol–water partition coefficient (Wildman–Crippen LogP) is 1.95. The van der Waals surface area contributed by atoms with Crippen LogP contribution in [0.3, 0.4) is 0 Å². The Bertz CT molecular complexity index is 227. The van der Waals surface area contributed by atoms with Crippen LogP contribution in [0.5, 0.6) is 0 Å². The number of carbonyl (C=O) groups is 1. The van der Waals surface area contributed by atoms with Crippen LogP contribution in [0, 0.1) is 17.8 Å². The first-order valence-electron chi connectivity index (χ1n) is 4.15. The van der Waals surface area contributed by atoms with E-state index in [-0.39, 0.29) is 5.92 Å². The van der Waals surface area contributed by atoms with Gasteiger partial charge in [-0.15, -0.1) is 6.58 Å². The molecule has 0 heterocycles. The van der Waals surface area contributed by atoms with Gasteiger partial charge in [0.1, 0.15) is 5.78 Å². The molecule has 11 heavy (non-hydrogen) atoms. The highest BCUT2D eigenvalue weighted by Gasteiger charge is 2.40. The molecular weight excluding hydrogens is 136 g/mol. The molecule has 0 radical (unpaired) electrons. The molecule has 2 aliphatic carbocycles. The molecule has 0 amide bonds. The molecule has 1 fully saturated rings. The molecule has 0 N–H and O–H groups in total. The Morgan fingerprint density at radius 3 is 3.00 bits per heavy atom. The standard InChI is InChI=1S/C10H12O/c1-2-8-7-4-3-5-9(8)10(11)6-7/h2-4,7-9H,1,5-6H2/t7-,8+,9-/m0/s1. The molecule has 0 aliphatic heterocycles. The maximum Gasteiger partial charge on any atom is 0.137 e. The van der Waals surface area contributed by atoms with Crippen LogP contribution in [0.2, 0.25) is 0 Å². The summed E-state index contributed by atoms with van der Waals surface area (Å²) in [7, 11) is 0. The van der Waals surface area contributed by atoms with Crippen LogP contribution in [-0.4, -0.2) is 5.78 Å². The second-order valence-corrected chi connectivity index (χ2v) is 3.42. The van der Waals surface area contributed by atoms with Crippen molar-refractivity contribution in [1.82, 2.24) is 0 Å². The fourth-order valence-corrected chi connectivity index (χ4v) is 2.26. The first-order valence-corrected chi connectivity index (χ1v) is 4.15. The zero-order chi connectivity index (χ0) is 7.84. The number of ketones is 1. The zero-order valence-electron chi connectivity index (χ0n) is 6.49. The van der Waals surface area contributed by atoms with Crippen LogP contribution in [0.25, 0.3) is 0 Å². The minimum absolute atomic E-state index is 0.266. The lowest BCUT2D eigenvalue weighted by Gasteiger charge is -2.20. The Morgan fingerprint density at radius 2 is 2.45 bits per heavy atom. The molecule has 0 spiro atoms. The molecule has 0 saturated heterocycles. The van der Waals surface area contributed by atoms with Gasteiger partial charge in [-0.05, 0) is 18.3 Å². The van der Waals surface area contributed by atoms with E-state index in [1.807, 2.05) is 6.08 Å². The Morgan fingerprint density at radius 1 is 1.64 bits per heavy atom. The second kappa shape index (κ2) is 2.33. The third kappa shape index (κ3) is 0.873. The molecule has 2 bridgehead atoms. The first-order chi connectivity index (χ1) is 5.33. The van der Waals surface area contributed by atoms with Crippen molar-refractivity contribution in [3.05, 3.63) is 24.8 Å². The van der Waals surface area contributed by atoms with Gasteiger partial charge in [-0.1, -0.05) is 18.2 Å². The molecular formula is C10H12O. The van der Waals surface area contributed by atoms with Crippen molar-refractivity contribution < 1.29 is 4.79 Å². The molecule has 1 nitrogen and oxygen atoms in total. The molecule has 0 unspecified atom stereocenters. The van der Waals surface area contributed by atoms with Crippen molar-refractivity contribution in [2.24, 2.45) is 17.8 Å². The lowest BCUT2D eigenvalue weighted by atomic mass is 9.83. The van der Waals surface area contributed by atoms with E-state index in [0.29, 0.717) is 17.6 Å². The Hall–Kier alpha value is -0.850. The fraction of sp³-hybridized carbons (Fsp3) is 0.500. The third-order valence-electron chi connectivity index (χ3n) is 2.85. The smallest absolute Gasteiger partial charge is 0.137 e. The second-order valence-electron chi connectivity index (χ2n) is 3.42. The van der Waals surface area contributed by atoms with Crippen LogP contribution < -0.4 is 0 Å². The Kier molecular flexibility index (Phi) is 1.45. The largest absolute Gasteiger partial charge is 0.299 e. The number of allylic oxidation sites excluding steroid dienone is 3. The summed E-state index contributed by atoms with van der Waals surface area (Å²) in [4.78, 5) is 11.3. The minimum Gasteiger partial charge on any atom is -0.299 e. The highest BCUT2D eigenvalue weighted by molar-refractivity contribution is 5.85. The van der Waals surface area contributed by atoms with Gasteiger partial charge in [0, 0.05) is 12.3 Å². The van der Waals surface area contributed by atoms with Gasteiger partial charge in [0.2, 0.25) is 0 Å². The van der Waals surface area contributed by atoms with Gasteiger partial charge < -0.3 is 0 Å². The van der Waals surface area contributed by atoms with Gasteiger partial charge in [-0.2, -0.15) is 0 Å². The summed E-state index contributed by atoms with van der Waals surface area (Å²) in [6.45, 7) is 3.77. The van der Waals surface area contributed by atoms with E-state index >= 15 is 0 Å². The van der Waals surface area contributed by atoms with Crippen LogP contribution in [0.4, 0.5) is 0 Å². The van der Waals surface area contributed by atoms with Gasteiger partial charge >= 0.3 is 0 Å². The molecule has 2 aliphatic rings. The Labute approximate surface area is 66.8 Å². The normalized spacial score (nSPS) is 41.1. The van der Waals surface area contributed by atoms with E-state index in [1.165, 1.54) is 0 Å². The van der Waals surface area contributed by atoms with Gasteiger partial charge in [-0.3, -0.25) is 4.79 Å². The molecule has 0 aromatic rings. The third-order valence-corrected chi connectivity index (χ3v) is 2.85. The summed E-state index contributed by atoms with van der Waals surface area (Å²) in [6.07, 6.45) is 7.95. The molecule has 58 valence electrons. The van der Waals surface area contributed by atoms with E-state index in [0.717, 1.165) is 12.8 Å². The minimum atomic E-state index is 0.266. The topological polar surface area (TPSA) is 17.1 Å². The highest BCUT2D eigenvalue weighted by atomic mass is 16.1. The molecule has 0 aromatic heterocycles. The lowest BCUT2D eigenvalue weighted by molar-refractivity contribution is -0.120. The van der Waals surface area contributed by atoms with E-state index in [1.54, 1.807) is 0 Å². The summed E-state index contributed by atoms with van der Waals surface area (Å²) >= 11 is 0. The van der Waals surface area contributed by atoms with Crippen LogP contribution in [0.1, 0.15) is 12.8 Å². The van der Waals surface area contributed by atoms with Crippen molar-refractivity contribution >= 4 is 5.78 Å². The molecule has 3 atom stereocenters. The number of fused-ring (bicyclic) bond motifs is 2. The summed E-state index contributed by atoms with van der Waals surface area (Å²) < 4.78 is 0. The first kappa shape index (κ1) is 6.84. The quantitative estimate of drug-likeness (QED) is 0.519. The average molecular weight is 148 g/mol. The zero-order valence-corrected chi connectivity index (χ0v) is 6.49. The van der Waals surface area contributed by atoms with Crippen LogP contribution in [-0.2, 0) is 4.79 Å². The van der Waals surface area contributed by atoms with Crippen molar-refractivity contribution in [1.29, 1.82) is 0 Å². The number of hydrogen-bond donors (Lipinski definition) is 0. The molecule has 1 saturated carbocycles.